The average molecular weight is 374 g/mol. The highest BCUT2D eigenvalue weighted by Gasteiger charge is 2.24. The number of nitrogens with one attached hydrogen (secondary N) is 1. The summed E-state index contributed by atoms with van der Waals surface area (Å²) < 4.78 is 11.9. The van der Waals surface area contributed by atoms with Crippen LogP contribution in [0.25, 0.3) is 0 Å². The molecular formula is C19H26N4O4. The number of rotatable bonds is 9. The van der Waals surface area contributed by atoms with E-state index in [0.717, 1.165) is 11.3 Å². The highest BCUT2D eigenvalue weighted by molar-refractivity contribution is 5.87. The van der Waals surface area contributed by atoms with Gasteiger partial charge in [0.1, 0.15) is 18.4 Å². The van der Waals surface area contributed by atoms with Crippen molar-refractivity contribution in [1.29, 1.82) is 0 Å². The average Bonchev–Trinajstić information content (AvgIpc) is 3.05. The normalized spacial score (nSPS) is 11.7. The van der Waals surface area contributed by atoms with Gasteiger partial charge in [0.05, 0.1) is 19.3 Å². The number of methoxy groups -OCH3 is 2. The first kappa shape index (κ1) is 20.4. The van der Waals surface area contributed by atoms with Crippen molar-refractivity contribution in [3.8, 4) is 5.75 Å². The lowest BCUT2D eigenvalue weighted by Gasteiger charge is -2.27. The van der Waals surface area contributed by atoms with Crippen molar-refractivity contribution in [2.45, 2.75) is 26.1 Å². The smallest absolute Gasteiger partial charge is 0.246 e. The van der Waals surface area contributed by atoms with E-state index < -0.39 is 6.04 Å². The fourth-order valence-corrected chi connectivity index (χ4v) is 2.75. The first-order valence-electron chi connectivity index (χ1n) is 8.62. The van der Waals surface area contributed by atoms with E-state index in [-0.39, 0.29) is 18.4 Å². The van der Waals surface area contributed by atoms with Crippen LogP contribution in [-0.2, 0) is 34.5 Å². The van der Waals surface area contributed by atoms with Gasteiger partial charge in [0.2, 0.25) is 11.8 Å². The Labute approximate surface area is 159 Å². The molecule has 1 heterocycles. The molecule has 2 aromatic rings. The monoisotopic (exact) mass is 374 g/mol. The fourth-order valence-electron chi connectivity index (χ4n) is 2.75. The molecule has 0 fully saturated rings. The Morgan fingerprint density at radius 2 is 1.96 bits per heavy atom. The molecule has 0 aliphatic heterocycles. The minimum absolute atomic E-state index is 0.0914. The number of amides is 2. The van der Waals surface area contributed by atoms with Gasteiger partial charge in [0.25, 0.3) is 0 Å². The van der Waals surface area contributed by atoms with Crippen LogP contribution < -0.4 is 10.1 Å². The van der Waals surface area contributed by atoms with Gasteiger partial charge in [-0.05, 0) is 19.1 Å². The summed E-state index contributed by atoms with van der Waals surface area (Å²) in [5, 5.41) is 6.82. The summed E-state index contributed by atoms with van der Waals surface area (Å²) in [6.45, 7) is 2.27. The van der Waals surface area contributed by atoms with E-state index in [4.69, 9.17) is 9.47 Å². The minimum Gasteiger partial charge on any atom is -0.496 e. The van der Waals surface area contributed by atoms with Gasteiger partial charge in [-0.25, -0.2) is 0 Å². The maximum atomic E-state index is 13.0. The molecule has 27 heavy (non-hydrogen) atoms. The maximum absolute atomic E-state index is 13.0. The molecule has 2 rings (SSSR count). The molecular weight excluding hydrogens is 348 g/mol. The molecule has 146 valence electrons. The van der Waals surface area contributed by atoms with Crippen molar-refractivity contribution in [2.24, 2.45) is 7.05 Å². The molecule has 0 bridgehead atoms. The van der Waals surface area contributed by atoms with E-state index >= 15 is 0 Å². The number of carbonyl (C=O) groups is 2. The number of aryl methyl sites for hydroxylation is 1. The number of carbonyl (C=O) groups excluding carboxylic acids is 2. The number of para-hydroxylation sites is 1. The Morgan fingerprint density at radius 3 is 2.59 bits per heavy atom. The van der Waals surface area contributed by atoms with Crippen LogP contribution in [0.2, 0.25) is 0 Å². The van der Waals surface area contributed by atoms with Crippen LogP contribution in [0.15, 0.2) is 36.5 Å². The van der Waals surface area contributed by atoms with Crippen LogP contribution in [0.1, 0.15) is 18.2 Å². The molecule has 1 unspecified atom stereocenters. The number of nitrogens with zero attached hydrogens (tertiary/aromatic N) is 3. The van der Waals surface area contributed by atoms with Gasteiger partial charge in [-0.2, -0.15) is 5.10 Å². The second-order valence-corrected chi connectivity index (χ2v) is 6.17. The number of hydrogen-bond acceptors (Lipinski definition) is 5. The lowest BCUT2D eigenvalue weighted by atomic mass is 10.1. The van der Waals surface area contributed by atoms with Crippen molar-refractivity contribution < 1.29 is 19.1 Å². The molecule has 0 saturated heterocycles. The third-order valence-corrected chi connectivity index (χ3v) is 4.16. The van der Waals surface area contributed by atoms with E-state index in [1.165, 1.54) is 7.11 Å². The summed E-state index contributed by atoms with van der Waals surface area (Å²) in [5.41, 5.74) is 1.76. The molecule has 8 heteroatoms. The van der Waals surface area contributed by atoms with Crippen molar-refractivity contribution in [2.75, 3.05) is 20.8 Å². The number of ether oxygens (including phenoxy) is 2. The highest BCUT2D eigenvalue weighted by atomic mass is 16.5. The maximum Gasteiger partial charge on any atom is 0.246 e. The van der Waals surface area contributed by atoms with E-state index in [9.17, 15) is 9.59 Å². The van der Waals surface area contributed by atoms with Crippen LogP contribution in [0, 0.1) is 0 Å². The van der Waals surface area contributed by atoms with Gasteiger partial charge in [0, 0.05) is 32.5 Å². The predicted molar refractivity (Wildman–Crippen MR) is 99.9 cm³/mol. The molecule has 0 radical (unpaired) electrons. The Kier molecular flexibility index (Phi) is 7.36. The third-order valence-electron chi connectivity index (χ3n) is 4.16. The van der Waals surface area contributed by atoms with Gasteiger partial charge in [-0.3, -0.25) is 14.3 Å². The Balaban J connectivity index is 2.22. The molecule has 1 atom stereocenters. The van der Waals surface area contributed by atoms with Crippen LogP contribution in [0.4, 0.5) is 0 Å². The van der Waals surface area contributed by atoms with Gasteiger partial charge >= 0.3 is 0 Å². The topological polar surface area (TPSA) is 85.7 Å². The quantitative estimate of drug-likeness (QED) is 0.711. The van der Waals surface area contributed by atoms with E-state index in [1.807, 2.05) is 37.4 Å². The largest absolute Gasteiger partial charge is 0.496 e. The fraction of sp³-hybridized carbons (Fsp3) is 0.421. The number of benzene rings is 1. The van der Waals surface area contributed by atoms with Crippen LogP contribution in [0.3, 0.4) is 0 Å². The number of hydrogen-bond donors (Lipinski definition) is 1. The third kappa shape index (κ3) is 5.55. The van der Waals surface area contributed by atoms with Crippen molar-refractivity contribution in [3.05, 3.63) is 47.8 Å². The highest BCUT2D eigenvalue weighted by Crippen LogP contribution is 2.21. The number of aromatic nitrogens is 2. The zero-order valence-corrected chi connectivity index (χ0v) is 16.1. The molecule has 0 spiro atoms. The Morgan fingerprint density at radius 1 is 1.22 bits per heavy atom. The molecule has 0 aliphatic carbocycles. The van der Waals surface area contributed by atoms with Gasteiger partial charge in [-0.1, -0.05) is 18.2 Å². The standard InChI is InChI=1S/C19H26N4O4/c1-14(21-18(24)13-26-3)19(25)23(12-16-9-10-20-22(16)2)11-15-7-5-6-8-17(15)27-4/h5-10,14H,11-13H2,1-4H3,(H,21,24). The summed E-state index contributed by atoms with van der Waals surface area (Å²) in [6, 6.07) is 8.71. The second kappa shape index (κ2) is 9.72. The minimum atomic E-state index is -0.685. The SMILES string of the molecule is COCC(=O)NC(C)C(=O)N(Cc1ccccc1OC)Cc1ccnn1C. The molecule has 2 amide bonds. The van der Waals surface area contributed by atoms with Crippen LogP contribution >= 0.6 is 0 Å². The molecule has 0 saturated carbocycles. The van der Waals surface area contributed by atoms with Crippen LogP contribution in [-0.4, -0.2) is 53.4 Å². The van der Waals surface area contributed by atoms with Crippen molar-refractivity contribution in [1.82, 2.24) is 20.0 Å². The zero-order valence-electron chi connectivity index (χ0n) is 16.1. The van der Waals surface area contributed by atoms with Crippen molar-refractivity contribution in [3.63, 3.8) is 0 Å². The van der Waals surface area contributed by atoms with E-state index in [1.54, 1.807) is 29.8 Å². The molecule has 8 nitrogen and oxygen atoms in total. The molecule has 1 aromatic carbocycles. The lowest BCUT2D eigenvalue weighted by molar-refractivity contribution is -0.138. The summed E-state index contributed by atoms with van der Waals surface area (Å²) in [5.74, 6) is 0.166. The molecule has 0 aliphatic rings. The Bertz CT molecular complexity index is 775. The summed E-state index contributed by atoms with van der Waals surface area (Å²) in [4.78, 5) is 26.5. The van der Waals surface area contributed by atoms with E-state index in [0.29, 0.717) is 18.8 Å². The Hall–Kier alpha value is -2.87. The van der Waals surface area contributed by atoms with Crippen molar-refractivity contribution >= 4 is 11.8 Å². The second-order valence-electron chi connectivity index (χ2n) is 6.17. The lowest BCUT2D eigenvalue weighted by Crippen LogP contribution is -2.47. The predicted octanol–water partition coefficient (Wildman–Crippen LogP) is 1.11. The zero-order chi connectivity index (χ0) is 19.8. The summed E-state index contributed by atoms with van der Waals surface area (Å²) in [7, 11) is 4.85. The van der Waals surface area contributed by atoms with Crippen LogP contribution in [0.5, 0.6) is 5.75 Å². The first-order valence-corrected chi connectivity index (χ1v) is 8.62. The summed E-state index contributed by atoms with van der Waals surface area (Å²) >= 11 is 0. The first-order chi connectivity index (χ1) is 13.0. The van der Waals surface area contributed by atoms with Gasteiger partial charge < -0.3 is 19.7 Å². The molecule has 1 N–H and O–H groups in total. The molecule has 1 aromatic heterocycles. The summed E-state index contributed by atoms with van der Waals surface area (Å²) in [6.07, 6.45) is 1.69. The van der Waals surface area contributed by atoms with Gasteiger partial charge in [0.15, 0.2) is 0 Å². The van der Waals surface area contributed by atoms with Gasteiger partial charge in [-0.15, -0.1) is 0 Å². The van der Waals surface area contributed by atoms with E-state index in [2.05, 4.69) is 10.4 Å².